The van der Waals surface area contributed by atoms with Gasteiger partial charge in [0.1, 0.15) is 0 Å². The van der Waals surface area contributed by atoms with Crippen LogP contribution in [0.3, 0.4) is 0 Å². The van der Waals surface area contributed by atoms with Crippen LogP contribution < -0.4 is 5.32 Å². The Kier molecular flexibility index (Phi) is 7.29. The van der Waals surface area contributed by atoms with E-state index < -0.39 is 0 Å². The zero-order valence-electron chi connectivity index (χ0n) is 7.67. The van der Waals surface area contributed by atoms with Crippen LogP contribution in [-0.4, -0.2) is 25.0 Å². The first kappa shape index (κ1) is 11.8. The number of nitrogens with one attached hydrogen (secondary N) is 1. The van der Waals surface area contributed by atoms with E-state index in [1.54, 1.807) is 0 Å². The van der Waals surface area contributed by atoms with Crippen LogP contribution in [0.15, 0.2) is 0 Å². The Morgan fingerprint density at radius 1 is 1.58 bits per heavy atom. The Hall–Kier alpha value is -0.220. The SMILES string of the molecule is CC(C)C(=O)NCCCOCS. The highest BCUT2D eigenvalue weighted by atomic mass is 32.1. The molecule has 0 rings (SSSR count). The third-order valence-corrected chi connectivity index (χ3v) is 1.56. The number of thiol groups is 1. The highest BCUT2D eigenvalue weighted by Crippen LogP contribution is 1.90. The fourth-order valence-electron chi connectivity index (χ4n) is 0.654. The van der Waals surface area contributed by atoms with Gasteiger partial charge in [-0.25, -0.2) is 0 Å². The molecule has 4 heteroatoms. The predicted octanol–water partition coefficient (Wildman–Crippen LogP) is 1.05. The minimum absolute atomic E-state index is 0.0656. The topological polar surface area (TPSA) is 38.3 Å². The molecule has 0 atom stereocenters. The van der Waals surface area contributed by atoms with Gasteiger partial charge < -0.3 is 10.1 Å². The molecule has 0 aromatic rings. The molecule has 0 aromatic heterocycles. The van der Waals surface area contributed by atoms with Gasteiger partial charge in [-0.05, 0) is 6.42 Å². The van der Waals surface area contributed by atoms with Crippen LogP contribution >= 0.6 is 12.6 Å². The molecular formula is C8H17NO2S. The number of carbonyl (C=O) groups excluding carboxylic acids is 1. The lowest BCUT2D eigenvalue weighted by Crippen LogP contribution is -2.29. The number of carbonyl (C=O) groups is 1. The summed E-state index contributed by atoms with van der Waals surface area (Å²) in [5, 5.41) is 2.80. The van der Waals surface area contributed by atoms with Crippen LogP contribution in [0.5, 0.6) is 0 Å². The highest BCUT2D eigenvalue weighted by molar-refractivity contribution is 7.80. The Morgan fingerprint density at radius 3 is 2.75 bits per heavy atom. The van der Waals surface area contributed by atoms with Crippen LogP contribution in [0.25, 0.3) is 0 Å². The summed E-state index contributed by atoms with van der Waals surface area (Å²) >= 11 is 3.89. The summed E-state index contributed by atoms with van der Waals surface area (Å²) in [4.78, 5) is 11.0. The largest absolute Gasteiger partial charge is 0.371 e. The van der Waals surface area contributed by atoms with Gasteiger partial charge in [0, 0.05) is 19.1 Å². The summed E-state index contributed by atoms with van der Waals surface area (Å²) < 4.78 is 4.99. The Labute approximate surface area is 79.3 Å². The number of amides is 1. The third-order valence-electron chi connectivity index (χ3n) is 1.38. The molecule has 0 aliphatic heterocycles. The van der Waals surface area contributed by atoms with Gasteiger partial charge in [-0.3, -0.25) is 4.79 Å². The Balaban J connectivity index is 3.14. The molecule has 3 nitrogen and oxygen atoms in total. The molecule has 0 saturated carbocycles. The maximum Gasteiger partial charge on any atom is 0.222 e. The molecule has 12 heavy (non-hydrogen) atoms. The number of hydrogen-bond acceptors (Lipinski definition) is 3. The molecule has 0 aliphatic rings. The molecule has 0 heterocycles. The van der Waals surface area contributed by atoms with E-state index >= 15 is 0 Å². The molecule has 1 N–H and O–H groups in total. The second-order valence-corrected chi connectivity index (χ2v) is 3.09. The minimum Gasteiger partial charge on any atom is -0.371 e. The highest BCUT2D eigenvalue weighted by Gasteiger charge is 2.04. The van der Waals surface area contributed by atoms with E-state index in [9.17, 15) is 4.79 Å². The summed E-state index contributed by atoms with van der Waals surface area (Å²) in [6.07, 6.45) is 0.846. The lowest BCUT2D eigenvalue weighted by Gasteiger charge is -2.06. The zero-order chi connectivity index (χ0) is 9.40. The average molecular weight is 191 g/mol. The van der Waals surface area contributed by atoms with Crippen molar-refractivity contribution in [3.8, 4) is 0 Å². The number of ether oxygens (including phenoxy) is 1. The molecule has 0 aliphatic carbocycles. The maximum absolute atomic E-state index is 11.0. The van der Waals surface area contributed by atoms with E-state index in [1.165, 1.54) is 0 Å². The van der Waals surface area contributed by atoms with Crippen molar-refractivity contribution in [3.63, 3.8) is 0 Å². The van der Waals surface area contributed by atoms with Crippen molar-refractivity contribution in [2.75, 3.05) is 19.1 Å². The molecule has 0 saturated heterocycles. The van der Waals surface area contributed by atoms with Crippen molar-refractivity contribution in [1.29, 1.82) is 0 Å². The lowest BCUT2D eigenvalue weighted by atomic mass is 10.2. The summed E-state index contributed by atoms with van der Waals surface area (Å²) in [5.41, 5.74) is 0. The molecule has 0 unspecified atom stereocenters. The lowest BCUT2D eigenvalue weighted by molar-refractivity contribution is -0.124. The maximum atomic E-state index is 11.0. The van der Waals surface area contributed by atoms with E-state index in [2.05, 4.69) is 17.9 Å². The fourth-order valence-corrected chi connectivity index (χ4v) is 0.784. The summed E-state index contributed by atoms with van der Waals surface area (Å²) in [6, 6.07) is 0. The summed E-state index contributed by atoms with van der Waals surface area (Å²) in [6.45, 7) is 5.09. The number of rotatable bonds is 6. The summed E-state index contributed by atoms with van der Waals surface area (Å²) in [5.74, 6) is 0.606. The fraction of sp³-hybridized carbons (Fsp3) is 0.875. The van der Waals surface area contributed by atoms with Gasteiger partial charge in [-0.1, -0.05) is 13.8 Å². The van der Waals surface area contributed by atoms with E-state index in [0.29, 0.717) is 19.1 Å². The zero-order valence-corrected chi connectivity index (χ0v) is 8.56. The molecule has 0 spiro atoms. The number of hydrogen-bond donors (Lipinski definition) is 2. The van der Waals surface area contributed by atoms with Crippen LogP contribution in [0.1, 0.15) is 20.3 Å². The van der Waals surface area contributed by atoms with E-state index in [-0.39, 0.29) is 11.8 Å². The van der Waals surface area contributed by atoms with Crippen molar-refractivity contribution in [3.05, 3.63) is 0 Å². The summed E-state index contributed by atoms with van der Waals surface area (Å²) in [7, 11) is 0. The first-order valence-electron chi connectivity index (χ1n) is 4.14. The van der Waals surface area contributed by atoms with Crippen LogP contribution in [0.4, 0.5) is 0 Å². The molecule has 0 aromatic carbocycles. The van der Waals surface area contributed by atoms with Gasteiger partial charge in [-0.2, -0.15) is 12.6 Å². The second kappa shape index (κ2) is 7.43. The van der Waals surface area contributed by atoms with E-state index in [1.807, 2.05) is 13.8 Å². The van der Waals surface area contributed by atoms with Gasteiger partial charge in [0.25, 0.3) is 0 Å². The van der Waals surface area contributed by atoms with Crippen molar-refractivity contribution in [2.45, 2.75) is 20.3 Å². The van der Waals surface area contributed by atoms with Gasteiger partial charge in [0.05, 0.1) is 5.94 Å². The van der Waals surface area contributed by atoms with Crippen molar-refractivity contribution in [1.82, 2.24) is 5.32 Å². The van der Waals surface area contributed by atoms with Crippen LogP contribution in [0, 0.1) is 5.92 Å². The van der Waals surface area contributed by atoms with Gasteiger partial charge in [0.15, 0.2) is 0 Å². The normalized spacial score (nSPS) is 10.3. The van der Waals surface area contributed by atoms with Crippen LogP contribution in [0.2, 0.25) is 0 Å². The first-order chi connectivity index (χ1) is 5.68. The van der Waals surface area contributed by atoms with Gasteiger partial charge >= 0.3 is 0 Å². The molecule has 1 amide bonds. The molecule has 0 bridgehead atoms. The van der Waals surface area contributed by atoms with Gasteiger partial charge in [-0.15, -0.1) is 0 Å². The van der Waals surface area contributed by atoms with Crippen LogP contribution in [-0.2, 0) is 9.53 Å². The van der Waals surface area contributed by atoms with E-state index in [4.69, 9.17) is 4.74 Å². The quantitative estimate of drug-likeness (QED) is 0.374. The Bertz CT molecular complexity index is 128. The Morgan fingerprint density at radius 2 is 2.25 bits per heavy atom. The minimum atomic E-state index is 0.0656. The monoisotopic (exact) mass is 191 g/mol. The standard InChI is InChI=1S/C8H17NO2S/c1-7(2)8(10)9-4-3-5-11-6-12/h7,12H,3-6H2,1-2H3,(H,9,10). The smallest absolute Gasteiger partial charge is 0.222 e. The molecule has 0 radical (unpaired) electrons. The molecule has 0 fully saturated rings. The van der Waals surface area contributed by atoms with E-state index in [0.717, 1.165) is 6.42 Å². The molecule has 72 valence electrons. The van der Waals surface area contributed by atoms with Crippen molar-refractivity contribution < 1.29 is 9.53 Å². The second-order valence-electron chi connectivity index (χ2n) is 2.84. The molecular weight excluding hydrogens is 174 g/mol. The first-order valence-corrected chi connectivity index (χ1v) is 4.78. The predicted molar refractivity (Wildman–Crippen MR) is 52.3 cm³/mol. The average Bonchev–Trinajstić information content (AvgIpc) is 2.03. The third kappa shape index (κ3) is 6.49. The van der Waals surface area contributed by atoms with Crippen molar-refractivity contribution >= 4 is 18.5 Å². The van der Waals surface area contributed by atoms with Crippen molar-refractivity contribution in [2.24, 2.45) is 5.92 Å². The van der Waals surface area contributed by atoms with Gasteiger partial charge in [0.2, 0.25) is 5.91 Å².